The summed E-state index contributed by atoms with van der Waals surface area (Å²) in [6, 6.07) is 1.63. The van der Waals surface area contributed by atoms with E-state index in [1.807, 2.05) is 11.8 Å². The zero-order valence-electron chi connectivity index (χ0n) is 9.16. The van der Waals surface area contributed by atoms with Gasteiger partial charge >= 0.3 is 0 Å². The Labute approximate surface area is 96.2 Å². The SMILES string of the molecule is CSC1CCC(NC2CSC(C)C2)C1. The summed E-state index contributed by atoms with van der Waals surface area (Å²) in [5.41, 5.74) is 0. The second-order valence-corrected chi connectivity index (χ2v) is 7.22. The van der Waals surface area contributed by atoms with E-state index in [4.69, 9.17) is 0 Å². The van der Waals surface area contributed by atoms with Crippen molar-refractivity contribution in [1.82, 2.24) is 5.32 Å². The molecule has 0 bridgehead atoms. The highest BCUT2D eigenvalue weighted by molar-refractivity contribution is 8.00. The number of rotatable bonds is 3. The Hall–Kier alpha value is 0.660. The number of nitrogens with one attached hydrogen (secondary N) is 1. The molecule has 2 aliphatic rings. The van der Waals surface area contributed by atoms with Crippen LogP contribution in [0.2, 0.25) is 0 Å². The molecular weight excluding hydrogens is 210 g/mol. The average Bonchev–Trinajstić information content (AvgIpc) is 2.76. The van der Waals surface area contributed by atoms with Crippen LogP contribution in [0, 0.1) is 0 Å². The fraction of sp³-hybridized carbons (Fsp3) is 1.00. The van der Waals surface area contributed by atoms with Crippen LogP contribution in [-0.4, -0.2) is 34.6 Å². The molecule has 0 radical (unpaired) electrons. The molecule has 1 N–H and O–H groups in total. The highest BCUT2D eigenvalue weighted by atomic mass is 32.2. The minimum absolute atomic E-state index is 0.806. The van der Waals surface area contributed by atoms with Crippen molar-refractivity contribution in [2.45, 2.75) is 55.2 Å². The van der Waals surface area contributed by atoms with Crippen LogP contribution in [-0.2, 0) is 0 Å². The Morgan fingerprint density at radius 2 is 2.07 bits per heavy atom. The highest BCUT2D eigenvalue weighted by Gasteiger charge is 2.28. The molecule has 0 spiro atoms. The first kappa shape index (κ1) is 11.2. The molecule has 1 aliphatic carbocycles. The van der Waals surface area contributed by atoms with Crippen LogP contribution in [0.25, 0.3) is 0 Å². The quantitative estimate of drug-likeness (QED) is 0.802. The Balaban J connectivity index is 1.71. The predicted octanol–water partition coefficient (Wildman–Crippen LogP) is 2.75. The standard InChI is InChI=1S/C11H21NS2/c1-8-5-10(7-14-8)12-9-3-4-11(6-9)13-2/h8-12H,3-7H2,1-2H3. The summed E-state index contributed by atoms with van der Waals surface area (Å²) in [5, 5.41) is 5.65. The molecule has 14 heavy (non-hydrogen) atoms. The lowest BCUT2D eigenvalue weighted by molar-refractivity contribution is 0.447. The Morgan fingerprint density at radius 1 is 1.21 bits per heavy atom. The van der Waals surface area contributed by atoms with E-state index in [0.29, 0.717) is 0 Å². The zero-order valence-corrected chi connectivity index (χ0v) is 10.8. The van der Waals surface area contributed by atoms with Crippen molar-refractivity contribution in [3.63, 3.8) is 0 Å². The monoisotopic (exact) mass is 231 g/mol. The van der Waals surface area contributed by atoms with Gasteiger partial charge in [0.1, 0.15) is 0 Å². The van der Waals surface area contributed by atoms with E-state index in [9.17, 15) is 0 Å². The van der Waals surface area contributed by atoms with Gasteiger partial charge in [-0.3, -0.25) is 0 Å². The minimum atomic E-state index is 0.806. The normalized spacial score (nSPS) is 43.3. The van der Waals surface area contributed by atoms with Gasteiger partial charge in [-0.05, 0) is 31.9 Å². The first-order valence-electron chi connectivity index (χ1n) is 5.68. The maximum absolute atomic E-state index is 3.84. The van der Waals surface area contributed by atoms with Gasteiger partial charge in [0.15, 0.2) is 0 Å². The van der Waals surface area contributed by atoms with Gasteiger partial charge in [0.25, 0.3) is 0 Å². The van der Waals surface area contributed by atoms with Crippen molar-refractivity contribution < 1.29 is 0 Å². The summed E-state index contributed by atoms with van der Waals surface area (Å²) in [4.78, 5) is 0. The van der Waals surface area contributed by atoms with Gasteiger partial charge in [0, 0.05) is 28.3 Å². The summed E-state index contributed by atoms with van der Waals surface area (Å²) in [5.74, 6) is 1.33. The van der Waals surface area contributed by atoms with Crippen molar-refractivity contribution in [1.29, 1.82) is 0 Å². The van der Waals surface area contributed by atoms with Crippen molar-refractivity contribution >= 4 is 23.5 Å². The zero-order chi connectivity index (χ0) is 9.97. The topological polar surface area (TPSA) is 12.0 Å². The molecule has 1 heterocycles. The third kappa shape index (κ3) is 2.83. The lowest BCUT2D eigenvalue weighted by Gasteiger charge is -2.18. The van der Waals surface area contributed by atoms with Gasteiger partial charge in [-0.15, -0.1) is 0 Å². The van der Waals surface area contributed by atoms with E-state index >= 15 is 0 Å². The first-order valence-corrected chi connectivity index (χ1v) is 8.02. The molecule has 1 saturated carbocycles. The minimum Gasteiger partial charge on any atom is -0.310 e. The van der Waals surface area contributed by atoms with Crippen molar-refractivity contribution in [2.24, 2.45) is 0 Å². The molecular formula is C11H21NS2. The molecule has 1 nitrogen and oxygen atoms in total. The van der Waals surface area contributed by atoms with Crippen LogP contribution in [0.4, 0.5) is 0 Å². The molecule has 1 saturated heterocycles. The Morgan fingerprint density at radius 3 is 2.64 bits per heavy atom. The summed E-state index contributed by atoms with van der Waals surface area (Å²) in [6.07, 6.45) is 7.86. The van der Waals surface area contributed by atoms with Gasteiger partial charge in [0.2, 0.25) is 0 Å². The van der Waals surface area contributed by atoms with Gasteiger partial charge in [-0.25, -0.2) is 0 Å². The molecule has 4 unspecified atom stereocenters. The lowest BCUT2D eigenvalue weighted by Crippen LogP contribution is -2.37. The third-order valence-electron chi connectivity index (χ3n) is 3.39. The lowest BCUT2D eigenvalue weighted by atomic mass is 10.1. The number of hydrogen-bond acceptors (Lipinski definition) is 3. The van der Waals surface area contributed by atoms with Crippen LogP contribution >= 0.6 is 23.5 Å². The van der Waals surface area contributed by atoms with Crippen molar-refractivity contribution in [3.05, 3.63) is 0 Å². The Kier molecular flexibility index (Phi) is 4.09. The molecule has 0 aromatic rings. The fourth-order valence-electron chi connectivity index (χ4n) is 2.57. The van der Waals surface area contributed by atoms with Gasteiger partial charge in [-0.1, -0.05) is 6.92 Å². The van der Waals surface area contributed by atoms with E-state index in [1.54, 1.807) is 0 Å². The molecule has 3 heteroatoms. The summed E-state index contributed by atoms with van der Waals surface area (Å²) in [6.45, 7) is 2.35. The second kappa shape index (κ2) is 5.13. The summed E-state index contributed by atoms with van der Waals surface area (Å²) in [7, 11) is 0. The average molecular weight is 231 g/mol. The summed E-state index contributed by atoms with van der Waals surface area (Å²) >= 11 is 4.18. The third-order valence-corrected chi connectivity index (χ3v) is 5.84. The largest absolute Gasteiger partial charge is 0.310 e. The highest BCUT2D eigenvalue weighted by Crippen LogP contribution is 2.31. The molecule has 0 aromatic carbocycles. The van der Waals surface area contributed by atoms with Gasteiger partial charge < -0.3 is 5.32 Å². The van der Waals surface area contributed by atoms with Crippen LogP contribution in [0.5, 0.6) is 0 Å². The van der Waals surface area contributed by atoms with Crippen LogP contribution in [0.1, 0.15) is 32.6 Å². The van der Waals surface area contributed by atoms with Crippen LogP contribution in [0.3, 0.4) is 0 Å². The van der Waals surface area contributed by atoms with E-state index in [0.717, 1.165) is 22.6 Å². The summed E-state index contributed by atoms with van der Waals surface area (Å²) < 4.78 is 0. The van der Waals surface area contributed by atoms with Crippen molar-refractivity contribution in [2.75, 3.05) is 12.0 Å². The number of hydrogen-bond donors (Lipinski definition) is 1. The molecule has 0 aromatic heterocycles. The number of thioether (sulfide) groups is 2. The molecule has 1 aliphatic heterocycles. The fourth-order valence-corrected chi connectivity index (χ4v) is 4.53. The van der Waals surface area contributed by atoms with E-state index < -0.39 is 0 Å². The smallest absolute Gasteiger partial charge is 0.0171 e. The van der Waals surface area contributed by atoms with E-state index in [-0.39, 0.29) is 0 Å². The van der Waals surface area contributed by atoms with Crippen LogP contribution in [0.15, 0.2) is 0 Å². The molecule has 4 atom stereocenters. The van der Waals surface area contributed by atoms with E-state index in [2.05, 4.69) is 30.3 Å². The van der Waals surface area contributed by atoms with Gasteiger partial charge in [0.05, 0.1) is 0 Å². The first-order chi connectivity index (χ1) is 6.78. The molecule has 2 rings (SSSR count). The Bertz CT molecular complexity index is 186. The maximum atomic E-state index is 3.84. The molecule has 2 fully saturated rings. The molecule has 0 amide bonds. The van der Waals surface area contributed by atoms with E-state index in [1.165, 1.54) is 31.4 Å². The van der Waals surface area contributed by atoms with Crippen molar-refractivity contribution in [3.8, 4) is 0 Å². The maximum Gasteiger partial charge on any atom is 0.0171 e. The van der Waals surface area contributed by atoms with Crippen LogP contribution < -0.4 is 5.32 Å². The predicted molar refractivity (Wildman–Crippen MR) is 68.4 cm³/mol. The second-order valence-electron chi connectivity index (χ2n) is 4.61. The molecule has 82 valence electrons. The van der Waals surface area contributed by atoms with Gasteiger partial charge in [-0.2, -0.15) is 23.5 Å².